The Labute approximate surface area is 176 Å². The van der Waals surface area contributed by atoms with E-state index in [1.165, 1.54) is 0 Å². The summed E-state index contributed by atoms with van der Waals surface area (Å²) in [4.78, 5) is 14.3. The summed E-state index contributed by atoms with van der Waals surface area (Å²) in [6.07, 6.45) is 2.79. The Morgan fingerprint density at radius 2 is 0.810 bits per heavy atom. The number of hydrogen-bond donors (Lipinski definition) is 0. The number of rotatable bonds is 9. The molecule has 0 saturated carbocycles. The third-order valence-electron chi connectivity index (χ3n) is 2.62. The van der Waals surface area contributed by atoms with Gasteiger partial charge in [-0.05, 0) is 19.3 Å². The van der Waals surface area contributed by atoms with Crippen molar-refractivity contribution in [1.29, 1.82) is 0 Å². The molecule has 3 unspecified atom stereocenters. The molecule has 1 aromatic rings. The molecule has 3 atom stereocenters. The van der Waals surface area contributed by atoms with Crippen LogP contribution in [0.1, 0.15) is 51.2 Å². The van der Waals surface area contributed by atoms with Crippen LogP contribution in [0.2, 0.25) is 0 Å². The van der Waals surface area contributed by atoms with Gasteiger partial charge in [0.2, 0.25) is 0 Å². The number of nitrogens with zero attached hydrogens (tertiary/aromatic N) is 3. The van der Waals surface area contributed by atoms with Gasteiger partial charge in [0.15, 0.2) is 0 Å². The van der Waals surface area contributed by atoms with Crippen LogP contribution in [0.4, 0.5) is 0 Å². The van der Waals surface area contributed by atoms with Crippen molar-refractivity contribution in [2.24, 2.45) is 0 Å². The second kappa shape index (κ2) is 11.4. The molecular formula is C12H15Br6N3. The van der Waals surface area contributed by atoms with Gasteiger partial charge in [0.25, 0.3) is 0 Å². The van der Waals surface area contributed by atoms with E-state index >= 15 is 0 Å². The second-order valence-corrected chi connectivity index (χ2v) is 9.94. The predicted octanol–water partition coefficient (Wildman–Crippen LogP) is 6.53. The zero-order chi connectivity index (χ0) is 15.8. The molecule has 0 spiro atoms. The summed E-state index contributed by atoms with van der Waals surface area (Å²) < 4.78 is 0. The van der Waals surface area contributed by atoms with Crippen LogP contribution < -0.4 is 0 Å². The third-order valence-corrected chi connectivity index (χ3v) is 6.59. The van der Waals surface area contributed by atoms with Crippen LogP contribution in [-0.2, 0) is 0 Å². The SMILES string of the molecule is BrCCC(Br)c1nc(C(Br)CCBr)nc(C(Br)CCBr)n1. The summed E-state index contributed by atoms with van der Waals surface area (Å²) in [6, 6.07) is 0. The lowest BCUT2D eigenvalue weighted by Gasteiger charge is -2.15. The molecule has 0 N–H and O–H groups in total. The molecule has 0 amide bonds. The van der Waals surface area contributed by atoms with Crippen molar-refractivity contribution in [3.05, 3.63) is 17.5 Å². The largest absolute Gasteiger partial charge is 0.216 e. The first-order chi connectivity index (χ1) is 10.0. The Morgan fingerprint density at radius 1 is 0.571 bits per heavy atom. The third kappa shape index (κ3) is 7.11. The van der Waals surface area contributed by atoms with Gasteiger partial charge < -0.3 is 0 Å². The van der Waals surface area contributed by atoms with Crippen molar-refractivity contribution in [1.82, 2.24) is 15.0 Å². The van der Waals surface area contributed by atoms with E-state index in [1.54, 1.807) is 0 Å². The molecule has 3 nitrogen and oxygen atoms in total. The molecule has 0 aliphatic heterocycles. The lowest BCUT2D eigenvalue weighted by molar-refractivity contribution is 0.705. The molecule has 0 aliphatic rings. The van der Waals surface area contributed by atoms with Crippen molar-refractivity contribution in [3.63, 3.8) is 0 Å². The minimum absolute atomic E-state index is 0.129. The summed E-state index contributed by atoms with van der Waals surface area (Å²) >= 11 is 21.4. The van der Waals surface area contributed by atoms with E-state index in [0.29, 0.717) is 0 Å². The number of hydrogen-bond acceptors (Lipinski definition) is 3. The van der Waals surface area contributed by atoms with Crippen LogP contribution in [0.5, 0.6) is 0 Å². The van der Waals surface area contributed by atoms with Crippen LogP contribution >= 0.6 is 95.6 Å². The average molecular weight is 681 g/mol. The first-order valence-corrected chi connectivity index (χ1v) is 12.5. The van der Waals surface area contributed by atoms with E-state index in [-0.39, 0.29) is 14.5 Å². The molecule has 21 heavy (non-hydrogen) atoms. The number of halogens is 6. The highest BCUT2D eigenvalue weighted by atomic mass is 79.9. The van der Waals surface area contributed by atoms with E-state index < -0.39 is 0 Å². The van der Waals surface area contributed by atoms with Gasteiger partial charge in [-0.25, -0.2) is 15.0 Å². The summed E-state index contributed by atoms with van der Waals surface area (Å²) in [5.74, 6) is 2.40. The van der Waals surface area contributed by atoms with E-state index in [9.17, 15) is 0 Å². The van der Waals surface area contributed by atoms with Crippen LogP contribution in [0, 0.1) is 0 Å². The topological polar surface area (TPSA) is 38.7 Å². The molecule has 0 aliphatic carbocycles. The van der Waals surface area contributed by atoms with Gasteiger partial charge in [-0.1, -0.05) is 95.6 Å². The Bertz CT molecular complexity index is 359. The fourth-order valence-corrected chi connectivity index (χ4v) is 6.04. The van der Waals surface area contributed by atoms with Gasteiger partial charge in [-0.15, -0.1) is 0 Å². The predicted molar refractivity (Wildman–Crippen MR) is 110 cm³/mol. The zero-order valence-corrected chi connectivity index (χ0v) is 20.6. The molecule has 120 valence electrons. The van der Waals surface area contributed by atoms with Gasteiger partial charge in [-0.2, -0.15) is 0 Å². The zero-order valence-electron chi connectivity index (χ0n) is 11.1. The summed E-state index contributed by atoms with van der Waals surface area (Å²) in [7, 11) is 0. The van der Waals surface area contributed by atoms with Gasteiger partial charge in [0.05, 0.1) is 14.5 Å². The van der Waals surface area contributed by atoms with Crippen LogP contribution in [0.3, 0.4) is 0 Å². The quantitative estimate of drug-likeness (QED) is 0.279. The Hall–Kier alpha value is 1.89. The van der Waals surface area contributed by atoms with Crippen molar-refractivity contribution in [3.8, 4) is 0 Å². The Kier molecular flexibility index (Phi) is 11.4. The molecule has 1 heterocycles. The first kappa shape index (κ1) is 20.9. The normalized spacial score (nSPS) is 15.7. The Balaban J connectivity index is 3.12. The molecule has 0 aromatic carbocycles. The second-order valence-electron chi connectivity index (χ2n) is 4.25. The standard InChI is InChI=1S/C12H15Br6N3/c13-4-1-7(16)10-19-11(8(17)2-5-14)21-12(20-10)9(18)3-6-15/h7-9H,1-6H2. The Morgan fingerprint density at radius 3 is 1.00 bits per heavy atom. The fourth-order valence-electron chi connectivity index (χ4n) is 1.52. The average Bonchev–Trinajstić information content (AvgIpc) is 2.47. The summed E-state index contributed by atoms with van der Waals surface area (Å²) in [5, 5.41) is 2.70. The highest BCUT2D eigenvalue weighted by molar-refractivity contribution is 9.10. The van der Waals surface area contributed by atoms with Crippen molar-refractivity contribution in [2.75, 3.05) is 16.0 Å². The van der Waals surface area contributed by atoms with E-state index in [2.05, 4.69) is 111 Å². The highest BCUT2D eigenvalue weighted by Crippen LogP contribution is 2.32. The van der Waals surface area contributed by atoms with Crippen LogP contribution in [0.15, 0.2) is 0 Å². The maximum absolute atomic E-state index is 4.62. The molecule has 9 heteroatoms. The first-order valence-electron chi connectivity index (χ1n) is 6.39. The van der Waals surface area contributed by atoms with Gasteiger partial charge in [0, 0.05) is 16.0 Å². The lowest BCUT2D eigenvalue weighted by Crippen LogP contribution is -2.12. The van der Waals surface area contributed by atoms with E-state index in [1.807, 2.05) is 0 Å². The maximum Gasteiger partial charge on any atom is 0.146 e. The lowest BCUT2D eigenvalue weighted by atomic mass is 10.2. The van der Waals surface area contributed by atoms with E-state index in [4.69, 9.17) is 0 Å². The number of aromatic nitrogens is 3. The molecule has 0 bridgehead atoms. The molecule has 0 radical (unpaired) electrons. The van der Waals surface area contributed by atoms with Crippen molar-refractivity contribution in [2.45, 2.75) is 33.7 Å². The molecule has 1 rings (SSSR count). The minimum Gasteiger partial charge on any atom is -0.216 e. The van der Waals surface area contributed by atoms with Crippen LogP contribution in [-0.4, -0.2) is 30.9 Å². The van der Waals surface area contributed by atoms with Crippen molar-refractivity contribution >= 4 is 95.6 Å². The molecule has 0 saturated heterocycles. The minimum atomic E-state index is 0.129. The van der Waals surface area contributed by atoms with Gasteiger partial charge >= 0.3 is 0 Å². The van der Waals surface area contributed by atoms with E-state index in [0.717, 1.165) is 52.7 Å². The summed E-state index contributed by atoms with van der Waals surface area (Å²) in [5.41, 5.74) is 0. The fraction of sp³-hybridized carbons (Fsp3) is 0.750. The van der Waals surface area contributed by atoms with Crippen molar-refractivity contribution < 1.29 is 0 Å². The molecular weight excluding hydrogens is 666 g/mol. The van der Waals surface area contributed by atoms with Crippen LogP contribution in [0.25, 0.3) is 0 Å². The maximum atomic E-state index is 4.62. The number of alkyl halides is 6. The molecule has 1 aromatic heterocycles. The summed E-state index contributed by atoms with van der Waals surface area (Å²) in [6.45, 7) is 0. The molecule has 0 fully saturated rings. The van der Waals surface area contributed by atoms with Gasteiger partial charge in [-0.3, -0.25) is 0 Å². The monoisotopic (exact) mass is 675 g/mol. The van der Waals surface area contributed by atoms with Gasteiger partial charge in [0.1, 0.15) is 17.5 Å². The smallest absolute Gasteiger partial charge is 0.146 e. The highest BCUT2D eigenvalue weighted by Gasteiger charge is 2.20.